The first-order chi connectivity index (χ1) is 27.7. The lowest BCUT2D eigenvalue weighted by atomic mass is 9.97. The van der Waals surface area contributed by atoms with E-state index in [1.807, 2.05) is 149 Å². The summed E-state index contributed by atoms with van der Waals surface area (Å²) in [5, 5.41) is 0. The van der Waals surface area contributed by atoms with Crippen molar-refractivity contribution in [3.05, 3.63) is 144 Å². The Labute approximate surface area is 335 Å². The van der Waals surface area contributed by atoms with Crippen LogP contribution in [0.1, 0.15) is 49.9 Å². The second-order valence-corrected chi connectivity index (χ2v) is 15.9. The highest BCUT2D eigenvalue weighted by atomic mass is 16.9. The zero-order valence-corrected chi connectivity index (χ0v) is 33.1. The minimum absolute atomic E-state index is 0.0853. The predicted molar refractivity (Wildman–Crippen MR) is 208 cm³/mol. The van der Waals surface area contributed by atoms with Gasteiger partial charge in [0.1, 0.15) is 48.8 Å². The van der Waals surface area contributed by atoms with E-state index in [0.29, 0.717) is 26.4 Å². The lowest BCUT2D eigenvalue weighted by Gasteiger charge is -2.46. The van der Waals surface area contributed by atoms with Crippen molar-refractivity contribution in [2.24, 2.45) is 0 Å². The number of fused-ring (bicyclic) bond motifs is 3. The zero-order chi connectivity index (χ0) is 39.2. The van der Waals surface area contributed by atoms with Crippen molar-refractivity contribution in [1.82, 2.24) is 0 Å². The average Bonchev–Trinajstić information content (AvgIpc) is 3.73. The summed E-state index contributed by atoms with van der Waals surface area (Å²) in [5.41, 5.74) is 4.08. The summed E-state index contributed by atoms with van der Waals surface area (Å²) in [6, 6.07) is 40.2. The minimum Gasteiger partial charge on any atom is -0.374 e. The van der Waals surface area contributed by atoms with Gasteiger partial charge < -0.3 is 52.1 Å². The molecule has 0 unspecified atom stereocenters. The van der Waals surface area contributed by atoms with Crippen molar-refractivity contribution in [1.29, 1.82) is 0 Å². The maximum Gasteiger partial charge on any atom is 0.190 e. The van der Waals surface area contributed by atoms with Gasteiger partial charge in [-0.15, -0.1) is 0 Å². The summed E-state index contributed by atoms with van der Waals surface area (Å²) in [4.78, 5) is 0. The highest BCUT2D eigenvalue weighted by molar-refractivity contribution is 5.16. The summed E-state index contributed by atoms with van der Waals surface area (Å²) in [6.07, 6.45) is -6.08. The third kappa shape index (κ3) is 10.2. The Hall–Kier alpha value is -3.56. The summed E-state index contributed by atoms with van der Waals surface area (Å²) < 4.78 is 72.3. The van der Waals surface area contributed by atoms with Gasteiger partial charge in [-0.2, -0.15) is 0 Å². The molecule has 0 N–H and O–H groups in total. The smallest absolute Gasteiger partial charge is 0.190 e. The van der Waals surface area contributed by atoms with E-state index in [4.69, 9.17) is 52.1 Å². The number of hydrogen-bond donors (Lipinski definition) is 0. The second-order valence-electron chi connectivity index (χ2n) is 15.9. The molecular weight excluding hydrogens is 728 g/mol. The first-order valence-electron chi connectivity index (χ1n) is 19.9. The van der Waals surface area contributed by atoms with Crippen molar-refractivity contribution < 1.29 is 52.1 Å². The van der Waals surface area contributed by atoms with E-state index in [1.54, 1.807) is 0 Å². The first kappa shape index (κ1) is 40.2. The third-order valence-corrected chi connectivity index (χ3v) is 10.5. The van der Waals surface area contributed by atoms with Crippen molar-refractivity contribution in [3.8, 4) is 0 Å². The molecule has 0 radical (unpaired) electrons. The van der Waals surface area contributed by atoms with Gasteiger partial charge in [-0.25, -0.2) is 0 Å². The molecule has 0 aliphatic carbocycles. The molecule has 8 rings (SSSR count). The SMILES string of the molecule is CC1(C)O[C@H]2[C@@H](O1)[C@@H](CO[C@@H]1O[C@H](COCc3ccccc3)[C@@H](OCc3ccccc3)[C@H](OCc3ccccc3)[C@@H]1OCc1ccccc1)O[C@@H]1OC(C)(C)O[C@@H]12. The van der Waals surface area contributed by atoms with Gasteiger partial charge in [0.05, 0.1) is 39.6 Å². The Bertz CT molecular complexity index is 1810. The normalized spacial score (nSPS) is 31.4. The van der Waals surface area contributed by atoms with E-state index < -0.39 is 73.0 Å². The van der Waals surface area contributed by atoms with E-state index in [0.717, 1.165) is 22.3 Å². The van der Waals surface area contributed by atoms with Crippen molar-refractivity contribution in [2.45, 2.75) is 127 Å². The highest BCUT2D eigenvalue weighted by Crippen LogP contribution is 2.44. The van der Waals surface area contributed by atoms with Gasteiger partial charge in [0.25, 0.3) is 0 Å². The Kier molecular flexibility index (Phi) is 12.8. The predicted octanol–water partition coefficient (Wildman–Crippen LogP) is 7.10. The lowest BCUT2D eigenvalue weighted by Crippen LogP contribution is -2.62. The van der Waals surface area contributed by atoms with Gasteiger partial charge in [-0.1, -0.05) is 121 Å². The Balaban J connectivity index is 1.09. The maximum atomic E-state index is 6.91. The fourth-order valence-electron chi connectivity index (χ4n) is 7.90. The molecule has 4 heterocycles. The van der Waals surface area contributed by atoms with Crippen LogP contribution in [0.2, 0.25) is 0 Å². The molecule has 0 saturated carbocycles. The third-order valence-electron chi connectivity index (χ3n) is 10.5. The number of ether oxygens (including phenoxy) is 11. The van der Waals surface area contributed by atoms with Crippen LogP contribution in [0.15, 0.2) is 121 Å². The van der Waals surface area contributed by atoms with Gasteiger partial charge in [-0.05, 0) is 49.9 Å². The van der Waals surface area contributed by atoms with Crippen LogP contribution in [0.4, 0.5) is 0 Å². The summed E-state index contributed by atoms with van der Waals surface area (Å²) in [5.74, 6) is -1.70. The zero-order valence-electron chi connectivity index (χ0n) is 33.1. The van der Waals surface area contributed by atoms with Gasteiger partial charge in [0, 0.05) is 0 Å². The number of hydrogen-bond acceptors (Lipinski definition) is 11. The minimum atomic E-state index is -0.913. The van der Waals surface area contributed by atoms with E-state index in [-0.39, 0.29) is 13.2 Å². The number of rotatable bonds is 16. The van der Waals surface area contributed by atoms with Crippen LogP contribution < -0.4 is 0 Å². The quantitative estimate of drug-likeness (QED) is 0.116. The monoisotopic (exact) mass is 782 g/mol. The fourth-order valence-corrected chi connectivity index (χ4v) is 7.90. The van der Waals surface area contributed by atoms with E-state index in [9.17, 15) is 0 Å². The molecule has 4 aromatic rings. The molecule has 0 bridgehead atoms. The lowest BCUT2D eigenvalue weighted by molar-refractivity contribution is -0.337. The molecule has 4 aromatic carbocycles. The summed E-state index contributed by atoms with van der Waals surface area (Å²) in [7, 11) is 0. The van der Waals surface area contributed by atoms with Crippen LogP contribution in [0.5, 0.6) is 0 Å². The molecule has 10 atom stereocenters. The molecule has 4 saturated heterocycles. The van der Waals surface area contributed by atoms with Gasteiger partial charge in [0.2, 0.25) is 0 Å². The highest BCUT2D eigenvalue weighted by Gasteiger charge is 2.61. The molecule has 0 aromatic heterocycles. The standard InChI is InChI=1S/C46H54O11/c1-45(2)54-38-36(53-44-42(40(38)55-45)56-46(3,4)57-44)30-51-43-41(50-28-34-23-15-8-16-24-34)39(49-27-33-21-13-7-14-22-33)37(48-26-32-19-11-6-12-20-32)35(52-43)29-47-25-31-17-9-5-10-18-31/h5-24,35-44H,25-30H2,1-4H3/t35-,36-,37-,38+,39+,40+,41+,42-,43-,44-/m1/s1. The van der Waals surface area contributed by atoms with E-state index >= 15 is 0 Å². The number of benzene rings is 4. The topological polar surface area (TPSA) is 102 Å². The maximum absolute atomic E-state index is 6.91. The molecule has 11 heteroatoms. The van der Waals surface area contributed by atoms with Crippen LogP contribution in [-0.2, 0) is 78.5 Å². The molecule has 304 valence electrons. The first-order valence-corrected chi connectivity index (χ1v) is 19.9. The summed E-state index contributed by atoms with van der Waals surface area (Å²) >= 11 is 0. The second kappa shape index (κ2) is 18.1. The largest absolute Gasteiger partial charge is 0.374 e. The molecule has 57 heavy (non-hydrogen) atoms. The average molecular weight is 783 g/mol. The van der Waals surface area contributed by atoms with Crippen LogP contribution in [-0.4, -0.2) is 86.2 Å². The van der Waals surface area contributed by atoms with Crippen molar-refractivity contribution in [3.63, 3.8) is 0 Å². The molecule has 4 fully saturated rings. The van der Waals surface area contributed by atoms with Crippen LogP contribution >= 0.6 is 0 Å². The fraction of sp³-hybridized carbons (Fsp3) is 0.478. The van der Waals surface area contributed by atoms with E-state index in [1.165, 1.54) is 0 Å². The Morgan fingerprint density at radius 3 is 1.44 bits per heavy atom. The summed E-state index contributed by atoms with van der Waals surface area (Å²) in [6.45, 7) is 9.15. The van der Waals surface area contributed by atoms with Gasteiger partial charge in [-0.3, -0.25) is 0 Å². The molecule has 11 nitrogen and oxygen atoms in total. The molecule has 0 spiro atoms. The van der Waals surface area contributed by atoms with Crippen LogP contribution in [0.25, 0.3) is 0 Å². The van der Waals surface area contributed by atoms with Gasteiger partial charge in [0.15, 0.2) is 24.2 Å². The van der Waals surface area contributed by atoms with E-state index in [2.05, 4.69) is 0 Å². The molecule has 4 aliphatic heterocycles. The molecular formula is C46H54O11. The Morgan fingerprint density at radius 1 is 0.421 bits per heavy atom. The van der Waals surface area contributed by atoms with Crippen LogP contribution in [0.3, 0.4) is 0 Å². The van der Waals surface area contributed by atoms with Crippen molar-refractivity contribution >= 4 is 0 Å². The van der Waals surface area contributed by atoms with Crippen LogP contribution in [0, 0.1) is 0 Å². The Morgan fingerprint density at radius 2 is 0.877 bits per heavy atom. The molecule has 0 amide bonds. The van der Waals surface area contributed by atoms with Crippen molar-refractivity contribution in [2.75, 3.05) is 13.2 Å². The molecule has 4 aliphatic rings. The van der Waals surface area contributed by atoms with Gasteiger partial charge >= 0.3 is 0 Å².